The molecule has 0 aromatic heterocycles. The molecular formula is C19H25ClN2O5. The number of nitrogens with zero attached hydrogens (tertiary/aromatic N) is 1. The van der Waals surface area contributed by atoms with Crippen LogP contribution in [-0.4, -0.2) is 60.1 Å². The minimum absolute atomic E-state index is 0.0885. The number of aliphatic carboxylic acids is 1. The number of rotatable bonds is 7. The van der Waals surface area contributed by atoms with E-state index in [-0.39, 0.29) is 30.8 Å². The van der Waals surface area contributed by atoms with Crippen molar-refractivity contribution in [1.82, 2.24) is 10.2 Å². The quantitative estimate of drug-likeness (QED) is 0.736. The van der Waals surface area contributed by atoms with Gasteiger partial charge < -0.3 is 20.1 Å². The van der Waals surface area contributed by atoms with E-state index in [1.807, 2.05) is 0 Å². The summed E-state index contributed by atoms with van der Waals surface area (Å²) >= 11 is 5.86. The van der Waals surface area contributed by atoms with Crippen LogP contribution in [0.25, 0.3) is 0 Å². The van der Waals surface area contributed by atoms with E-state index in [4.69, 9.17) is 21.4 Å². The van der Waals surface area contributed by atoms with Crippen molar-refractivity contribution in [3.8, 4) is 0 Å². The van der Waals surface area contributed by atoms with Gasteiger partial charge in [-0.05, 0) is 44.0 Å². The summed E-state index contributed by atoms with van der Waals surface area (Å²) in [6, 6.07) is 6.64. The van der Waals surface area contributed by atoms with Crippen molar-refractivity contribution >= 4 is 29.4 Å². The highest BCUT2D eigenvalue weighted by Crippen LogP contribution is 2.21. The van der Waals surface area contributed by atoms with Crippen molar-refractivity contribution in [1.29, 1.82) is 0 Å². The second-order valence-electron chi connectivity index (χ2n) is 7.15. The summed E-state index contributed by atoms with van der Waals surface area (Å²) < 4.78 is 5.07. The summed E-state index contributed by atoms with van der Waals surface area (Å²) in [5.74, 6) is -1.81. The van der Waals surface area contributed by atoms with Gasteiger partial charge in [0.25, 0.3) is 5.91 Å². The zero-order valence-electron chi connectivity index (χ0n) is 15.5. The number of nitrogens with one attached hydrogen (secondary N) is 1. The van der Waals surface area contributed by atoms with Crippen molar-refractivity contribution in [2.24, 2.45) is 5.92 Å². The lowest BCUT2D eigenvalue weighted by Crippen LogP contribution is -2.55. The number of likely N-dealkylation sites (tertiary alicyclic amines) is 1. The predicted octanol–water partition coefficient (Wildman–Crippen LogP) is 2.19. The summed E-state index contributed by atoms with van der Waals surface area (Å²) in [6.07, 6.45) is 1.11. The van der Waals surface area contributed by atoms with Crippen molar-refractivity contribution in [2.45, 2.75) is 31.7 Å². The molecule has 2 atom stereocenters. The van der Waals surface area contributed by atoms with Crippen LogP contribution in [0, 0.1) is 5.92 Å². The van der Waals surface area contributed by atoms with Crippen LogP contribution in [0.3, 0.4) is 0 Å². The Balaban J connectivity index is 2.03. The standard InChI is InChI=1S/C19H25ClN2O5/c1-19(12-27-2,10-16(23)24)21-17(25)14-4-3-9-22(11-14)18(26)13-5-7-15(20)8-6-13/h5-8,14H,3-4,9-12H2,1-2H3,(H,21,25)(H,23,24). The van der Waals surface area contributed by atoms with Crippen LogP contribution < -0.4 is 5.32 Å². The molecule has 1 fully saturated rings. The van der Waals surface area contributed by atoms with Gasteiger partial charge in [0.15, 0.2) is 0 Å². The molecule has 1 aliphatic heterocycles. The Labute approximate surface area is 163 Å². The van der Waals surface area contributed by atoms with E-state index in [2.05, 4.69) is 5.32 Å². The third-order valence-corrected chi connectivity index (χ3v) is 4.85. The van der Waals surface area contributed by atoms with Gasteiger partial charge in [-0.1, -0.05) is 11.6 Å². The molecule has 8 heteroatoms. The lowest BCUT2D eigenvalue weighted by Gasteiger charge is -2.35. The number of halogens is 1. The molecule has 1 aliphatic rings. The third-order valence-electron chi connectivity index (χ3n) is 4.60. The number of carbonyl (C=O) groups excluding carboxylic acids is 2. The molecule has 0 spiro atoms. The molecule has 1 aromatic carbocycles. The number of benzene rings is 1. The van der Waals surface area contributed by atoms with E-state index in [9.17, 15) is 14.4 Å². The van der Waals surface area contributed by atoms with Gasteiger partial charge in [-0.2, -0.15) is 0 Å². The number of carboxylic acid groups (broad SMARTS) is 1. The van der Waals surface area contributed by atoms with Crippen molar-refractivity contribution in [3.63, 3.8) is 0 Å². The molecule has 2 N–H and O–H groups in total. The summed E-state index contributed by atoms with van der Waals surface area (Å²) in [5.41, 5.74) is -0.476. The van der Waals surface area contributed by atoms with Crippen LogP contribution in [0.5, 0.6) is 0 Å². The molecule has 2 rings (SSSR count). The Kier molecular flexibility index (Phi) is 7.21. The highest BCUT2D eigenvalue weighted by molar-refractivity contribution is 6.30. The Bertz CT molecular complexity index is 694. The smallest absolute Gasteiger partial charge is 0.305 e. The summed E-state index contributed by atoms with van der Waals surface area (Å²) in [7, 11) is 1.46. The fraction of sp³-hybridized carbons (Fsp3) is 0.526. The molecule has 1 heterocycles. The lowest BCUT2D eigenvalue weighted by molar-refractivity contribution is -0.140. The van der Waals surface area contributed by atoms with Crippen LogP contribution in [0.2, 0.25) is 5.02 Å². The van der Waals surface area contributed by atoms with Gasteiger partial charge in [0.05, 0.1) is 24.5 Å². The molecule has 2 amide bonds. The average molecular weight is 397 g/mol. The second kappa shape index (κ2) is 9.19. The number of amides is 2. The first kappa shape index (κ1) is 21.2. The number of piperidine rings is 1. The summed E-state index contributed by atoms with van der Waals surface area (Å²) in [5, 5.41) is 12.4. The molecular weight excluding hydrogens is 372 g/mol. The minimum atomic E-state index is -1.02. The normalized spacial score (nSPS) is 19.2. The number of carboxylic acids is 1. The Morgan fingerprint density at radius 1 is 1.33 bits per heavy atom. The molecule has 0 radical (unpaired) electrons. The monoisotopic (exact) mass is 396 g/mol. The van der Waals surface area contributed by atoms with Gasteiger partial charge in [0.1, 0.15) is 0 Å². The predicted molar refractivity (Wildman–Crippen MR) is 101 cm³/mol. The van der Waals surface area contributed by atoms with Gasteiger partial charge in [-0.3, -0.25) is 14.4 Å². The van der Waals surface area contributed by atoms with Crippen LogP contribution in [0.4, 0.5) is 0 Å². The molecule has 2 unspecified atom stereocenters. The van der Waals surface area contributed by atoms with Crippen LogP contribution in [0.15, 0.2) is 24.3 Å². The van der Waals surface area contributed by atoms with Crippen molar-refractivity contribution in [3.05, 3.63) is 34.9 Å². The molecule has 148 valence electrons. The first-order valence-corrected chi connectivity index (χ1v) is 9.19. The van der Waals surface area contributed by atoms with E-state index >= 15 is 0 Å². The molecule has 1 aromatic rings. The molecule has 27 heavy (non-hydrogen) atoms. The number of hydrogen-bond donors (Lipinski definition) is 2. The van der Waals surface area contributed by atoms with Crippen LogP contribution >= 0.6 is 11.6 Å². The van der Waals surface area contributed by atoms with Crippen LogP contribution in [-0.2, 0) is 14.3 Å². The Morgan fingerprint density at radius 2 is 2.00 bits per heavy atom. The van der Waals surface area contributed by atoms with Gasteiger partial charge in [0.2, 0.25) is 5.91 Å². The Morgan fingerprint density at radius 3 is 2.59 bits per heavy atom. The summed E-state index contributed by atoms with van der Waals surface area (Å²) in [4.78, 5) is 38.1. The Hall–Kier alpha value is -2.12. The first-order chi connectivity index (χ1) is 12.7. The highest BCUT2D eigenvalue weighted by atomic mass is 35.5. The lowest BCUT2D eigenvalue weighted by atomic mass is 9.93. The molecule has 0 aliphatic carbocycles. The first-order valence-electron chi connectivity index (χ1n) is 8.82. The van der Waals surface area contributed by atoms with Crippen molar-refractivity contribution in [2.75, 3.05) is 26.8 Å². The summed E-state index contributed by atoms with van der Waals surface area (Å²) in [6.45, 7) is 2.60. The van der Waals surface area contributed by atoms with Gasteiger partial charge in [-0.15, -0.1) is 0 Å². The molecule has 0 bridgehead atoms. The minimum Gasteiger partial charge on any atom is -0.481 e. The fourth-order valence-electron chi connectivity index (χ4n) is 3.33. The maximum absolute atomic E-state index is 12.7. The van der Waals surface area contributed by atoms with E-state index in [0.717, 1.165) is 0 Å². The number of carbonyl (C=O) groups is 3. The molecule has 0 saturated carbocycles. The second-order valence-corrected chi connectivity index (χ2v) is 7.59. The maximum Gasteiger partial charge on any atom is 0.305 e. The van der Waals surface area contributed by atoms with Gasteiger partial charge in [-0.25, -0.2) is 0 Å². The van der Waals surface area contributed by atoms with E-state index < -0.39 is 11.5 Å². The van der Waals surface area contributed by atoms with E-state index in [1.54, 1.807) is 36.1 Å². The van der Waals surface area contributed by atoms with Gasteiger partial charge >= 0.3 is 5.97 Å². The maximum atomic E-state index is 12.7. The van der Waals surface area contributed by atoms with E-state index in [1.165, 1.54) is 7.11 Å². The zero-order valence-corrected chi connectivity index (χ0v) is 16.3. The third kappa shape index (κ3) is 5.94. The number of methoxy groups -OCH3 is 1. The SMILES string of the molecule is COCC(C)(CC(=O)O)NC(=O)C1CCCN(C(=O)c2ccc(Cl)cc2)C1. The average Bonchev–Trinajstić information content (AvgIpc) is 2.61. The zero-order chi connectivity index (χ0) is 20.0. The highest BCUT2D eigenvalue weighted by Gasteiger charge is 2.35. The molecule has 1 saturated heterocycles. The fourth-order valence-corrected chi connectivity index (χ4v) is 3.46. The number of ether oxygens (including phenoxy) is 1. The van der Waals surface area contributed by atoms with Gasteiger partial charge in [0, 0.05) is 30.8 Å². The molecule has 7 nitrogen and oxygen atoms in total. The largest absolute Gasteiger partial charge is 0.481 e. The van der Waals surface area contributed by atoms with Crippen LogP contribution in [0.1, 0.15) is 36.5 Å². The van der Waals surface area contributed by atoms with Crippen molar-refractivity contribution < 1.29 is 24.2 Å². The topological polar surface area (TPSA) is 95.9 Å². The number of hydrogen-bond acceptors (Lipinski definition) is 4. The van der Waals surface area contributed by atoms with E-state index in [0.29, 0.717) is 36.5 Å².